The van der Waals surface area contributed by atoms with Gasteiger partial charge in [-0.1, -0.05) is 29.3 Å². The van der Waals surface area contributed by atoms with Crippen LogP contribution in [-0.2, 0) is 22.9 Å². The molecule has 158 valence electrons. The lowest BCUT2D eigenvalue weighted by Crippen LogP contribution is -2.19. The van der Waals surface area contributed by atoms with Crippen molar-refractivity contribution in [2.75, 3.05) is 19.8 Å². The fourth-order valence-corrected chi connectivity index (χ4v) is 4.15. The molecular formula is C22H21Cl2FN2O3. The normalized spacial score (nSPS) is 16.5. The highest BCUT2D eigenvalue weighted by Gasteiger charge is 2.23. The third kappa shape index (κ3) is 4.37. The van der Waals surface area contributed by atoms with E-state index in [0.717, 1.165) is 19.4 Å². The van der Waals surface area contributed by atoms with Crippen LogP contribution in [0.25, 0.3) is 11.0 Å². The number of ether oxygens (including phenoxy) is 2. The summed E-state index contributed by atoms with van der Waals surface area (Å²) in [5.41, 5.74) is 1.94. The van der Waals surface area contributed by atoms with Crippen molar-refractivity contribution in [2.24, 2.45) is 7.05 Å². The van der Waals surface area contributed by atoms with Crippen molar-refractivity contribution in [1.82, 2.24) is 9.55 Å². The van der Waals surface area contributed by atoms with Gasteiger partial charge in [-0.2, -0.15) is 0 Å². The number of benzene rings is 2. The van der Waals surface area contributed by atoms with E-state index in [9.17, 15) is 4.79 Å². The van der Waals surface area contributed by atoms with Crippen LogP contribution in [0, 0.1) is 5.82 Å². The first kappa shape index (κ1) is 21.2. The molecule has 2 aromatic carbocycles. The molecule has 1 unspecified atom stereocenters. The quantitative estimate of drug-likeness (QED) is 0.475. The number of aryl methyl sites for hydroxylation is 1. The lowest BCUT2D eigenvalue weighted by Gasteiger charge is -2.14. The average Bonchev–Trinajstić information content (AvgIpc) is 3.35. The first-order valence-electron chi connectivity index (χ1n) is 9.73. The monoisotopic (exact) mass is 450 g/mol. The molecule has 5 nitrogen and oxygen atoms in total. The van der Waals surface area contributed by atoms with Crippen LogP contribution in [0.15, 0.2) is 30.6 Å². The topological polar surface area (TPSA) is 53.4 Å². The summed E-state index contributed by atoms with van der Waals surface area (Å²) >= 11 is 12.3. The van der Waals surface area contributed by atoms with E-state index in [4.69, 9.17) is 32.7 Å². The third-order valence-electron chi connectivity index (χ3n) is 5.31. The molecule has 1 saturated heterocycles. The van der Waals surface area contributed by atoms with E-state index in [1.807, 2.05) is 0 Å². The van der Waals surface area contributed by atoms with Crippen molar-refractivity contribution in [3.63, 3.8) is 0 Å². The summed E-state index contributed by atoms with van der Waals surface area (Å²) in [6.07, 6.45) is 3.60. The Hall–Kier alpha value is -1.99. The van der Waals surface area contributed by atoms with E-state index in [-0.39, 0.29) is 41.6 Å². The smallest absolute Gasteiger partial charge is 0.188 e. The van der Waals surface area contributed by atoms with Crippen LogP contribution in [-0.4, -0.2) is 41.3 Å². The van der Waals surface area contributed by atoms with Crippen LogP contribution in [0.1, 0.15) is 34.3 Å². The van der Waals surface area contributed by atoms with Gasteiger partial charge in [0.05, 0.1) is 24.6 Å². The highest BCUT2D eigenvalue weighted by molar-refractivity contribution is 6.35. The van der Waals surface area contributed by atoms with E-state index in [0.29, 0.717) is 27.7 Å². The summed E-state index contributed by atoms with van der Waals surface area (Å²) in [4.78, 5) is 17.1. The molecule has 0 radical (unpaired) electrons. The second kappa shape index (κ2) is 9.02. The molecule has 0 spiro atoms. The molecule has 1 atom stereocenters. The van der Waals surface area contributed by atoms with Gasteiger partial charge < -0.3 is 14.0 Å². The Morgan fingerprint density at radius 1 is 1.37 bits per heavy atom. The lowest BCUT2D eigenvalue weighted by molar-refractivity contribution is 0.0190. The maximum atomic E-state index is 15.4. The van der Waals surface area contributed by atoms with Gasteiger partial charge in [-0.25, -0.2) is 9.37 Å². The van der Waals surface area contributed by atoms with Gasteiger partial charge in [0, 0.05) is 41.2 Å². The van der Waals surface area contributed by atoms with Crippen LogP contribution < -0.4 is 0 Å². The van der Waals surface area contributed by atoms with Gasteiger partial charge in [-0.05, 0) is 36.6 Å². The molecular weight excluding hydrogens is 430 g/mol. The number of Topliss-reactive ketones (excluding diaryl/α,β-unsaturated/α-hetero) is 1. The maximum absolute atomic E-state index is 15.4. The Bertz CT molecular complexity index is 1090. The van der Waals surface area contributed by atoms with Crippen molar-refractivity contribution in [3.05, 3.63) is 63.1 Å². The summed E-state index contributed by atoms with van der Waals surface area (Å²) in [6.45, 7) is 0.918. The third-order valence-corrected chi connectivity index (χ3v) is 5.89. The van der Waals surface area contributed by atoms with Gasteiger partial charge in [0.1, 0.15) is 12.1 Å². The van der Waals surface area contributed by atoms with Gasteiger partial charge >= 0.3 is 0 Å². The highest BCUT2D eigenvalue weighted by Crippen LogP contribution is 2.30. The van der Waals surface area contributed by atoms with Gasteiger partial charge in [-0.3, -0.25) is 4.79 Å². The summed E-state index contributed by atoms with van der Waals surface area (Å²) in [7, 11) is 1.76. The zero-order valence-corrected chi connectivity index (χ0v) is 18.0. The van der Waals surface area contributed by atoms with E-state index in [2.05, 4.69) is 4.98 Å². The second-order valence-corrected chi connectivity index (χ2v) is 8.27. The standard InChI is InChI=1S/C22H21Cl2FN2O3/c1-27-12-26-22-19(27)9-16(20(28)11-29-10-15-3-2-6-30-15)17(21(22)25)7-13-4-5-14(23)8-18(13)24/h4-5,8-9,12,15H,2-3,6-7,10-11H2,1H3. The van der Waals surface area contributed by atoms with Crippen molar-refractivity contribution in [3.8, 4) is 0 Å². The Kier molecular flexibility index (Phi) is 6.39. The fraction of sp³-hybridized carbons (Fsp3) is 0.364. The number of imidazole rings is 1. The van der Waals surface area contributed by atoms with Crippen LogP contribution in [0.2, 0.25) is 10.0 Å². The molecule has 0 N–H and O–H groups in total. The zero-order chi connectivity index (χ0) is 21.3. The Morgan fingerprint density at radius 3 is 2.93 bits per heavy atom. The molecule has 0 bridgehead atoms. The Balaban J connectivity index is 1.66. The fourth-order valence-electron chi connectivity index (χ4n) is 3.68. The van der Waals surface area contributed by atoms with Gasteiger partial charge in [0.15, 0.2) is 11.6 Å². The van der Waals surface area contributed by atoms with Gasteiger partial charge in [-0.15, -0.1) is 0 Å². The number of nitrogens with zero attached hydrogens (tertiary/aromatic N) is 2. The minimum atomic E-state index is -0.526. The van der Waals surface area contributed by atoms with E-state index in [1.54, 1.807) is 35.9 Å². The number of ketones is 1. The molecule has 0 aliphatic carbocycles. The molecule has 3 aromatic rings. The van der Waals surface area contributed by atoms with Crippen LogP contribution >= 0.6 is 23.2 Å². The van der Waals surface area contributed by atoms with E-state index < -0.39 is 5.82 Å². The lowest BCUT2D eigenvalue weighted by atomic mass is 9.95. The van der Waals surface area contributed by atoms with Gasteiger partial charge in [0.2, 0.25) is 0 Å². The van der Waals surface area contributed by atoms with Crippen LogP contribution in [0.3, 0.4) is 0 Å². The number of halogens is 3. The number of aromatic nitrogens is 2. The summed E-state index contributed by atoms with van der Waals surface area (Å²) in [6, 6.07) is 6.69. The molecule has 1 aliphatic heterocycles. The van der Waals surface area contributed by atoms with Crippen molar-refractivity contribution in [1.29, 1.82) is 0 Å². The Morgan fingerprint density at radius 2 is 2.20 bits per heavy atom. The second-order valence-electron chi connectivity index (χ2n) is 7.43. The number of carbonyl (C=O) groups excluding carboxylic acids is 1. The molecule has 1 aliphatic rings. The minimum absolute atomic E-state index is 0.0152. The molecule has 8 heteroatoms. The van der Waals surface area contributed by atoms with Crippen LogP contribution in [0.4, 0.5) is 4.39 Å². The van der Waals surface area contributed by atoms with Crippen LogP contribution in [0.5, 0.6) is 0 Å². The number of rotatable bonds is 7. The predicted octanol–water partition coefficient (Wildman–Crippen LogP) is 4.99. The Labute approximate surface area is 183 Å². The van der Waals surface area contributed by atoms with Gasteiger partial charge in [0.25, 0.3) is 0 Å². The predicted molar refractivity (Wildman–Crippen MR) is 114 cm³/mol. The largest absolute Gasteiger partial charge is 0.376 e. The molecule has 0 saturated carbocycles. The van der Waals surface area contributed by atoms with E-state index >= 15 is 4.39 Å². The number of carbonyl (C=O) groups is 1. The molecule has 30 heavy (non-hydrogen) atoms. The highest BCUT2D eigenvalue weighted by atomic mass is 35.5. The van der Waals surface area contributed by atoms with E-state index in [1.165, 1.54) is 6.33 Å². The first-order valence-corrected chi connectivity index (χ1v) is 10.5. The average molecular weight is 451 g/mol. The molecule has 2 heterocycles. The summed E-state index contributed by atoms with van der Waals surface area (Å²) in [5, 5.41) is 0.902. The number of fused-ring (bicyclic) bond motifs is 1. The molecule has 4 rings (SSSR count). The van der Waals surface area contributed by atoms with Crippen molar-refractivity contribution in [2.45, 2.75) is 25.4 Å². The molecule has 1 aromatic heterocycles. The number of hydrogen-bond donors (Lipinski definition) is 0. The van der Waals surface area contributed by atoms with Crippen molar-refractivity contribution >= 4 is 40.0 Å². The summed E-state index contributed by atoms with van der Waals surface area (Å²) in [5.74, 6) is -0.823. The first-order chi connectivity index (χ1) is 14.4. The SMILES string of the molecule is Cn1cnc2c(F)c(Cc3ccc(Cl)cc3Cl)c(C(=O)COCC3CCCO3)cc21. The van der Waals surface area contributed by atoms with Crippen molar-refractivity contribution < 1.29 is 18.7 Å². The maximum Gasteiger partial charge on any atom is 0.188 e. The molecule has 1 fully saturated rings. The zero-order valence-electron chi connectivity index (χ0n) is 16.5. The number of hydrogen-bond acceptors (Lipinski definition) is 4. The molecule has 0 amide bonds. The minimum Gasteiger partial charge on any atom is -0.376 e. The summed E-state index contributed by atoms with van der Waals surface area (Å²) < 4.78 is 28.2.